The summed E-state index contributed by atoms with van der Waals surface area (Å²) in [5.74, 6) is 0. The van der Waals surface area contributed by atoms with Gasteiger partial charge in [-0.05, 0) is 0 Å². The summed E-state index contributed by atoms with van der Waals surface area (Å²) in [4.78, 5) is 0. The molecule has 1 aliphatic rings. The number of hydrogen-bond acceptors (Lipinski definition) is 5. The van der Waals surface area contributed by atoms with Gasteiger partial charge in [0.15, 0.2) is 6.29 Å². The predicted octanol–water partition coefficient (Wildman–Crippen LogP) is -2.58. The molecule has 0 spiro atoms. The van der Waals surface area contributed by atoms with Gasteiger partial charge in [-0.2, -0.15) is 0 Å². The molecule has 4 atom stereocenters. The minimum atomic E-state index is -1.38. The van der Waals surface area contributed by atoms with Crippen molar-refractivity contribution in [3.63, 3.8) is 0 Å². The van der Waals surface area contributed by atoms with E-state index in [0.29, 0.717) is 0 Å². The first kappa shape index (κ1) is 7.90. The van der Waals surface area contributed by atoms with E-state index in [-0.39, 0.29) is 0 Å². The van der Waals surface area contributed by atoms with Crippen LogP contribution in [0.5, 0.6) is 0 Å². The van der Waals surface area contributed by atoms with Crippen LogP contribution >= 0.6 is 0 Å². The van der Waals surface area contributed by atoms with Gasteiger partial charge in [0.1, 0.15) is 18.3 Å². The molecule has 1 heterocycles. The summed E-state index contributed by atoms with van der Waals surface area (Å²) in [6.45, 7) is -0.407. The van der Waals surface area contributed by atoms with Crippen molar-refractivity contribution in [2.75, 3.05) is 6.61 Å². The second kappa shape index (κ2) is 2.81. The molecular weight excluding hydrogens is 140 g/mol. The van der Waals surface area contributed by atoms with Gasteiger partial charge in [-0.3, -0.25) is 0 Å². The average molecular weight is 150 g/mol. The highest BCUT2D eigenvalue weighted by Crippen LogP contribution is 2.18. The van der Waals surface area contributed by atoms with Crippen molar-refractivity contribution in [3.8, 4) is 0 Å². The van der Waals surface area contributed by atoms with E-state index in [2.05, 4.69) is 4.74 Å². The highest BCUT2D eigenvalue weighted by atomic mass is 16.6. The molecule has 1 fully saturated rings. The van der Waals surface area contributed by atoms with Crippen LogP contribution in [0.2, 0.25) is 0 Å². The molecule has 10 heavy (non-hydrogen) atoms. The van der Waals surface area contributed by atoms with Crippen LogP contribution in [0, 0.1) is 0 Å². The third kappa shape index (κ3) is 1.14. The highest BCUT2D eigenvalue weighted by Gasteiger charge is 2.41. The first-order chi connectivity index (χ1) is 4.66. The molecule has 0 bridgehead atoms. The van der Waals surface area contributed by atoms with Crippen molar-refractivity contribution >= 4 is 0 Å². The van der Waals surface area contributed by atoms with E-state index in [0.717, 1.165) is 0 Å². The van der Waals surface area contributed by atoms with E-state index in [1.54, 1.807) is 0 Å². The van der Waals surface area contributed by atoms with Crippen molar-refractivity contribution in [2.45, 2.75) is 24.6 Å². The maximum absolute atomic E-state index is 8.93. The van der Waals surface area contributed by atoms with Gasteiger partial charge in [-0.25, -0.2) is 0 Å². The summed E-state index contributed by atoms with van der Waals surface area (Å²) in [6.07, 6.45) is -4.76. The summed E-state index contributed by atoms with van der Waals surface area (Å²) in [5, 5.41) is 35.0. The van der Waals surface area contributed by atoms with Crippen LogP contribution in [-0.2, 0) is 4.74 Å². The van der Waals surface area contributed by atoms with Crippen molar-refractivity contribution in [3.05, 3.63) is 0 Å². The van der Waals surface area contributed by atoms with Crippen LogP contribution in [-0.4, -0.2) is 51.6 Å². The zero-order valence-electron chi connectivity index (χ0n) is 5.21. The third-order valence-electron chi connectivity index (χ3n) is 1.52. The van der Waals surface area contributed by atoms with Crippen LogP contribution in [0.25, 0.3) is 0 Å². The normalized spacial score (nSPS) is 48.0. The Hall–Kier alpha value is -0.200. The van der Waals surface area contributed by atoms with E-state index in [4.69, 9.17) is 20.4 Å². The number of aliphatic hydroxyl groups is 4. The fourth-order valence-electron chi connectivity index (χ4n) is 0.880. The van der Waals surface area contributed by atoms with Crippen molar-refractivity contribution in [1.29, 1.82) is 0 Å². The molecule has 0 radical (unpaired) electrons. The Labute approximate surface area is 57.5 Å². The van der Waals surface area contributed by atoms with Gasteiger partial charge >= 0.3 is 0 Å². The Balaban J connectivity index is 2.53. The Morgan fingerprint density at radius 2 is 1.70 bits per heavy atom. The summed E-state index contributed by atoms with van der Waals surface area (Å²) in [7, 11) is 0. The van der Waals surface area contributed by atoms with Gasteiger partial charge in [0.25, 0.3) is 0 Å². The van der Waals surface area contributed by atoms with E-state index in [9.17, 15) is 0 Å². The van der Waals surface area contributed by atoms with Crippen LogP contribution in [0.4, 0.5) is 0 Å². The van der Waals surface area contributed by atoms with E-state index in [1.807, 2.05) is 0 Å². The van der Waals surface area contributed by atoms with Crippen LogP contribution in [0.1, 0.15) is 0 Å². The minimum absolute atomic E-state index is 0.407. The topological polar surface area (TPSA) is 90.2 Å². The molecule has 0 amide bonds. The van der Waals surface area contributed by atoms with E-state index >= 15 is 0 Å². The molecule has 5 nitrogen and oxygen atoms in total. The third-order valence-corrected chi connectivity index (χ3v) is 1.52. The van der Waals surface area contributed by atoms with Gasteiger partial charge in [-0.1, -0.05) is 0 Å². The predicted molar refractivity (Wildman–Crippen MR) is 30.0 cm³/mol. The molecule has 1 unspecified atom stereocenters. The minimum Gasteiger partial charge on any atom is -0.394 e. The SMILES string of the molecule is OC[C@@H]1OC(O)[C@H](O)[C@H]1O. The molecule has 1 rings (SSSR count). The molecule has 0 aromatic rings. The molecule has 0 saturated carbocycles. The van der Waals surface area contributed by atoms with Gasteiger partial charge < -0.3 is 25.2 Å². The molecule has 60 valence electrons. The Kier molecular flexibility index (Phi) is 2.22. The molecule has 4 N–H and O–H groups in total. The second-order valence-corrected chi connectivity index (χ2v) is 2.23. The quantitative estimate of drug-likeness (QED) is 0.329. The average Bonchev–Trinajstić information content (AvgIpc) is 2.17. The first-order valence-electron chi connectivity index (χ1n) is 2.97. The van der Waals surface area contributed by atoms with Gasteiger partial charge in [0, 0.05) is 0 Å². The largest absolute Gasteiger partial charge is 0.394 e. The van der Waals surface area contributed by atoms with Gasteiger partial charge in [0.2, 0.25) is 0 Å². The lowest BCUT2D eigenvalue weighted by Gasteiger charge is -2.09. The Bertz CT molecular complexity index is 117. The standard InChI is InChI=1S/C5H10O5/c6-1-2-3(7)4(8)5(9)10-2/h2-9H,1H2/t2-,3-,4+,5?/m0/s1. The zero-order valence-corrected chi connectivity index (χ0v) is 5.21. The number of aliphatic hydroxyl groups excluding tert-OH is 4. The molecule has 0 aromatic heterocycles. The Morgan fingerprint density at radius 3 is 1.90 bits per heavy atom. The maximum Gasteiger partial charge on any atom is 0.184 e. The smallest absolute Gasteiger partial charge is 0.184 e. The van der Waals surface area contributed by atoms with E-state index in [1.165, 1.54) is 0 Å². The lowest BCUT2D eigenvalue weighted by molar-refractivity contribution is -0.132. The summed E-state index contributed by atoms with van der Waals surface area (Å²) in [6, 6.07) is 0. The van der Waals surface area contributed by atoms with Gasteiger partial charge in [0.05, 0.1) is 6.61 Å². The molecular formula is C5H10O5. The fourth-order valence-corrected chi connectivity index (χ4v) is 0.880. The van der Waals surface area contributed by atoms with Crippen molar-refractivity contribution in [1.82, 2.24) is 0 Å². The van der Waals surface area contributed by atoms with Crippen molar-refractivity contribution in [2.24, 2.45) is 0 Å². The van der Waals surface area contributed by atoms with Crippen LogP contribution in [0.3, 0.4) is 0 Å². The van der Waals surface area contributed by atoms with Crippen molar-refractivity contribution < 1.29 is 25.2 Å². The second-order valence-electron chi connectivity index (χ2n) is 2.23. The van der Waals surface area contributed by atoms with Gasteiger partial charge in [-0.15, -0.1) is 0 Å². The first-order valence-corrected chi connectivity index (χ1v) is 2.97. The summed E-state index contributed by atoms with van der Waals surface area (Å²) >= 11 is 0. The number of rotatable bonds is 1. The molecule has 1 aliphatic heterocycles. The number of hydrogen-bond donors (Lipinski definition) is 4. The molecule has 1 saturated heterocycles. The highest BCUT2D eigenvalue weighted by molar-refractivity contribution is 4.84. The summed E-state index contributed by atoms with van der Waals surface area (Å²) < 4.78 is 4.54. The zero-order chi connectivity index (χ0) is 7.72. The fraction of sp³-hybridized carbons (Fsp3) is 1.00. The monoisotopic (exact) mass is 150 g/mol. The van der Waals surface area contributed by atoms with Crippen LogP contribution in [0.15, 0.2) is 0 Å². The maximum atomic E-state index is 8.93. The Morgan fingerprint density at radius 1 is 1.10 bits per heavy atom. The van der Waals surface area contributed by atoms with Crippen LogP contribution < -0.4 is 0 Å². The molecule has 5 heteroatoms. The lowest BCUT2D eigenvalue weighted by Crippen LogP contribution is -2.33. The number of ether oxygens (including phenoxy) is 1. The molecule has 0 aliphatic carbocycles. The molecule has 0 aromatic carbocycles. The van der Waals surface area contributed by atoms with E-state index < -0.39 is 31.2 Å². The lowest BCUT2D eigenvalue weighted by atomic mass is 10.1. The summed E-state index contributed by atoms with van der Waals surface area (Å²) in [5.41, 5.74) is 0.